The minimum absolute atomic E-state index is 0.00338. The molecular formula is C22H18Cl2N4O. The molecule has 0 aliphatic carbocycles. The summed E-state index contributed by atoms with van der Waals surface area (Å²) in [5.41, 5.74) is 3.72. The first-order valence-electron chi connectivity index (χ1n) is 9.56. The van der Waals surface area contributed by atoms with Crippen LogP contribution in [-0.2, 0) is 6.42 Å². The number of fused-ring (bicyclic) bond motifs is 4. The van der Waals surface area contributed by atoms with Crippen molar-refractivity contribution >= 4 is 34.9 Å². The van der Waals surface area contributed by atoms with Gasteiger partial charge in [0.2, 0.25) is 0 Å². The van der Waals surface area contributed by atoms with Gasteiger partial charge in [-0.25, -0.2) is 14.8 Å². The first kappa shape index (κ1) is 18.4. The van der Waals surface area contributed by atoms with Crippen LogP contribution >= 0.6 is 23.2 Å². The topological polar surface area (TPSA) is 58.1 Å². The number of halogens is 2. The van der Waals surface area contributed by atoms with Gasteiger partial charge in [0.25, 0.3) is 0 Å². The van der Waals surface area contributed by atoms with Gasteiger partial charge in [0.05, 0.1) is 21.8 Å². The second kappa shape index (κ2) is 7.32. The molecule has 5 rings (SSSR count). The van der Waals surface area contributed by atoms with E-state index in [-0.39, 0.29) is 18.1 Å². The van der Waals surface area contributed by atoms with Crippen molar-refractivity contribution in [3.8, 4) is 11.4 Å². The van der Waals surface area contributed by atoms with Crippen molar-refractivity contribution in [2.24, 2.45) is 0 Å². The number of anilines is 1. The van der Waals surface area contributed by atoms with Gasteiger partial charge >= 0.3 is 6.03 Å². The number of hydrogen-bond acceptors (Lipinski definition) is 3. The largest absolute Gasteiger partial charge is 0.322 e. The monoisotopic (exact) mass is 424 g/mol. The molecule has 3 heterocycles. The van der Waals surface area contributed by atoms with Crippen molar-refractivity contribution in [2.45, 2.75) is 31.3 Å². The number of aromatic nitrogens is 2. The number of benzene rings is 2. The molecule has 0 unspecified atom stereocenters. The summed E-state index contributed by atoms with van der Waals surface area (Å²) in [6.45, 7) is 0. The summed E-state index contributed by atoms with van der Waals surface area (Å²) in [6.07, 6.45) is 4.50. The molecule has 0 spiro atoms. The van der Waals surface area contributed by atoms with Gasteiger partial charge in [0.1, 0.15) is 0 Å². The van der Waals surface area contributed by atoms with Crippen molar-refractivity contribution < 1.29 is 4.79 Å². The molecule has 7 heteroatoms. The van der Waals surface area contributed by atoms with Crippen molar-refractivity contribution in [3.05, 3.63) is 76.0 Å². The fraction of sp³-hybridized carbons (Fsp3) is 0.227. The van der Waals surface area contributed by atoms with E-state index in [2.05, 4.69) is 10.3 Å². The lowest BCUT2D eigenvalue weighted by atomic mass is 9.99. The van der Waals surface area contributed by atoms with E-state index in [9.17, 15) is 4.79 Å². The maximum atomic E-state index is 13.0. The van der Waals surface area contributed by atoms with Crippen LogP contribution in [0, 0.1) is 0 Å². The van der Waals surface area contributed by atoms with E-state index >= 15 is 0 Å². The molecule has 1 saturated heterocycles. The Balaban J connectivity index is 1.41. The highest BCUT2D eigenvalue weighted by Gasteiger charge is 2.43. The van der Waals surface area contributed by atoms with Crippen molar-refractivity contribution in [2.75, 3.05) is 5.32 Å². The number of carbonyl (C=O) groups is 1. The second-order valence-electron chi connectivity index (χ2n) is 7.38. The highest BCUT2D eigenvalue weighted by molar-refractivity contribution is 6.42. The van der Waals surface area contributed by atoms with E-state index < -0.39 is 0 Å². The lowest BCUT2D eigenvalue weighted by molar-refractivity contribution is 0.178. The third-order valence-electron chi connectivity index (χ3n) is 5.63. The molecule has 2 amide bonds. The van der Waals surface area contributed by atoms with Gasteiger partial charge in [-0.15, -0.1) is 0 Å². The second-order valence-corrected chi connectivity index (χ2v) is 8.19. The SMILES string of the molecule is O=C(Nc1ccc(Cl)c(Cl)c1)N1[C@H]2CC[C@@H]1c1cnc(-c3ccccc3)nc1C2. The zero-order chi connectivity index (χ0) is 20.0. The van der Waals surface area contributed by atoms with Gasteiger partial charge in [-0.2, -0.15) is 0 Å². The van der Waals surface area contributed by atoms with E-state index in [0.717, 1.165) is 41.9 Å². The van der Waals surface area contributed by atoms with Gasteiger partial charge in [0.15, 0.2) is 5.82 Å². The molecule has 2 aliphatic heterocycles. The molecule has 2 bridgehead atoms. The van der Waals surface area contributed by atoms with Crippen LogP contribution in [0.5, 0.6) is 0 Å². The Morgan fingerprint density at radius 3 is 2.69 bits per heavy atom. The van der Waals surface area contributed by atoms with Crippen LogP contribution in [0.4, 0.5) is 10.5 Å². The number of hydrogen-bond donors (Lipinski definition) is 1. The summed E-state index contributed by atoms with van der Waals surface area (Å²) in [5.74, 6) is 0.734. The molecule has 1 aromatic heterocycles. The average molecular weight is 425 g/mol. The molecular weight excluding hydrogens is 407 g/mol. The van der Waals surface area contributed by atoms with Crippen LogP contribution in [0.25, 0.3) is 11.4 Å². The number of amides is 2. The van der Waals surface area contributed by atoms with Crippen molar-refractivity contribution in [3.63, 3.8) is 0 Å². The Morgan fingerprint density at radius 2 is 1.90 bits per heavy atom. The predicted molar refractivity (Wildman–Crippen MR) is 114 cm³/mol. The van der Waals surface area contributed by atoms with Crippen LogP contribution in [0.1, 0.15) is 30.1 Å². The molecule has 3 aromatic rings. The van der Waals surface area contributed by atoms with Crippen LogP contribution < -0.4 is 5.32 Å². The van der Waals surface area contributed by atoms with Crippen LogP contribution in [0.15, 0.2) is 54.7 Å². The Kier molecular flexibility index (Phi) is 4.64. The number of carbonyl (C=O) groups excluding carboxylic acids is 1. The molecule has 5 nitrogen and oxygen atoms in total. The van der Waals surface area contributed by atoms with E-state index in [4.69, 9.17) is 28.2 Å². The molecule has 2 aliphatic rings. The molecule has 2 aromatic carbocycles. The van der Waals surface area contributed by atoms with Crippen LogP contribution in [0.2, 0.25) is 10.0 Å². The minimum atomic E-state index is -0.131. The van der Waals surface area contributed by atoms with Gasteiger partial charge < -0.3 is 10.2 Å². The van der Waals surface area contributed by atoms with E-state index in [1.165, 1.54) is 0 Å². The van der Waals surface area contributed by atoms with Crippen molar-refractivity contribution in [1.29, 1.82) is 0 Å². The lowest BCUT2D eigenvalue weighted by Crippen LogP contribution is -2.44. The molecule has 146 valence electrons. The maximum Gasteiger partial charge on any atom is 0.322 e. The summed E-state index contributed by atoms with van der Waals surface area (Å²) >= 11 is 12.0. The molecule has 29 heavy (non-hydrogen) atoms. The van der Waals surface area contributed by atoms with Crippen molar-refractivity contribution in [1.82, 2.24) is 14.9 Å². The Labute approximate surface area is 178 Å². The highest BCUT2D eigenvalue weighted by atomic mass is 35.5. The van der Waals surface area contributed by atoms with E-state index in [1.54, 1.807) is 18.2 Å². The normalized spacial score (nSPS) is 19.7. The lowest BCUT2D eigenvalue weighted by Gasteiger charge is -2.35. The standard InChI is InChI=1S/C22H18Cl2N4O/c23-17-8-6-14(10-18(17)24)26-22(29)28-15-7-9-20(28)16-12-25-21(27-19(16)11-15)13-4-2-1-3-5-13/h1-6,8,10,12,15,20H,7,9,11H2,(H,26,29)/t15-,20+/m0/s1. The molecule has 0 saturated carbocycles. The smallest absolute Gasteiger partial charge is 0.314 e. The fourth-order valence-electron chi connectivity index (χ4n) is 4.28. The summed E-state index contributed by atoms with van der Waals surface area (Å²) in [4.78, 5) is 24.3. The molecule has 1 fully saturated rings. The number of nitrogens with zero attached hydrogens (tertiary/aromatic N) is 3. The molecule has 1 N–H and O–H groups in total. The quantitative estimate of drug-likeness (QED) is 0.569. The van der Waals surface area contributed by atoms with Gasteiger partial charge in [-0.3, -0.25) is 0 Å². The summed E-state index contributed by atoms with van der Waals surface area (Å²) in [7, 11) is 0. The Hall–Kier alpha value is -2.63. The zero-order valence-corrected chi connectivity index (χ0v) is 17.0. The zero-order valence-electron chi connectivity index (χ0n) is 15.5. The third-order valence-corrected chi connectivity index (χ3v) is 6.37. The average Bonchev–Trinajstić information content (AvgIpc) is 3.06. The van der Waals surface area contributed by atoms with E-state index in [0.29, 0.717) is 15.7 Å². The molecule has 0 radical (unpaired) electrons. The van der Waals surface area contributed by atoms with Gasteiger partial charge in [-0.05, 0) is 31.0 Å². The summed E-state index contributed by atoms with van der Waals surface area (Å²) in [5, 5.41) is 3.83. The van der Waals surface area contributed by atoms with Gasteiger partial charge in [-0.1, -0.05) is 53.5 Å². The fourth-order valence-corrected chi connectivity index (χ4v) is 4.57. The van der Waals surface area contributed by atoms with Gasteiger partial charge in [0, 0.05) is 35.5 Å². The maximum absolute atomic E-state index is 13.0. The highest BCUT2D eigenvalue weighted by Crippen LogP contribution is 2.43. The van der Waals surface area contributed by atoms with E-state index in [1.807, 2.05) is 41.4 Å². The Bertz CT molecular complexity index is 1090. The first-order valence-corrected chi connectivity index (χ1v) is 10.3. The summed E-state index contributed by atoms with van der Waals surface area (Å²) < 4.78 is 0. The minimum Gasteiger partial charge on any atom is -0.314 e. The number of rotatable bonds is 2. The van der Waals surface area contributed by atoms with Crippen LogP contribution in [0.3, 0.4) is 0 Å². The Morgan fingerprint density at radius 1 is 1.07 bits per heavy atom. The number of urea groups is 1. The predicted octanol–water partition coefficient (Wildman–Crippen LogP) is 5.74. The third kappa shape index (κ3) is 3.34. The number of nitrogens with one attached hydrogen (secondary N) is 1. The molecule has 2 atom stereocenters. The summed E-state index contributed by atoms with van der Waals surface area (Å²) in [6, 6.07) is 15.1. The van der Waals surface area contributed by atoms with Crippen LogP contribution in [-0.4, -0.2) is 26.9 Å². The first-order chi connectivity index (χ1) is 14.1.